The molecule has 2 aliphatic heterocycles. The van der Waals surface area contributed by atoms with E-state index in [0.717, 1.165) is 24.2 Å². The number of aromatic nitrogens is 1. The molecule has 0 atom stereocenters. The van der Waals surface area contributed by atoms with Gasteiger partial charge in [-0.15, -0.1) is 0 Å². The molecule has 1 aromatic heterocycles. The van der Waals surface area contributed by atoms with Crippen molar-refractivity contribution in [3.63, 3.8) is 0 Å². The number of amides is 1. The van der Waals surface area contributed by atoms with Gasteiger partial charge in [0.15, 0.2) is 0 Å². The molecule has 0 bridgehead atoms. The molecular weight excluding hydrogens is 516 g/mol. The number of nitriles is 1. The van der Waals surface area contributed by atoms with Crippen LogP contribution in [0, 0.1) is 18.3 Å². The number of thioether (sulfide) groups is 1. The quantitative estimate of drug-likeness (QED) is 0.157. The van der Waals surface area contributed by atoms with Crippen molar-refractivity contribution in [1.29, 1.82) is 5.26 Å². The number of hydrogen-bond acceptors (Lipinski definition) is 7. The normalized spacial score (nSPS) is 17.1. The minimum atomic E-state index is -0.292. The highest BCUT2D eigenvalue weighted by Crippen LogP contribution is 2.36. The lowest BCUT2D eigenvalue weighted by Gasteiger charge is -2.33. The van der Waals surface area contributed by atoms with E-state index >= 15 is 0 Å². The fraction of sp³-hybridized carbons (Fsp3) is 0.655. The summed E-state index contributed by atoms with van der Waals surface area (Å²) in [5.74, 6) is 0.660. The van der Waals surface area contributed by atoms with Crippen LogP contribution in [0.4, 0.5) is 5.82 Å². The molecular formula is C29H42N4O3S2. The molecule has 1 amide bonds. The smallest absolute Gasteiger partial charge is 0.270 e. The Morgan fingerprint density at radius 3 is 2.18 bits per heavy atom. The standard InChI is InChI=1S/C29H42N4O3S2/c1-4-6-7-8-9-10-11-12-13-14-15-33-28(35)25(38-29(33)37)20-23-22(3)24(21-30)27(34)32(5-2)26(23)31-16-18-36-19-17-31/h20H,4-19H2,1-3H3. The first-order chi connectivity index (χ1) is 18.4. The Balaban J connectivity index is 1.71. The van der Waals surface area contributed by atoms with Gasteiger partial charge in [0.25, 0.3) is 11.5 Å². The summed E-state index contributed by atoms with van der Waals surface area (Å²) >= 11 is 6.89. The molecule has 0 N–H and O–H groups in total. The number of unbranched alkanes of at least 4 members (excludes halogenated alkanes) is 9. The molecule has 2 saturated heterocycles. The van der Waals surface area contributed by atoms with Gasteiger partial charge in [0, 0.05) is 31.7 Å². The number of pyridine rings is 1. The number of anilines is 1. The second-order valence-corrected chi connectivity index (χ2v) is 11.7. The summed E-state index contributed by atoms with van der Waals surface area (Å²) in [5.41, 5.74) is 1.17. The maximum atomic E-state index is 13.4. The second-order valence-electron chi connectivity index (χ2n) is 10.0. The summed E-state index contributed by atoms with van der Waals surface area (Å²) in [4.78, 5) is 30.9. The third-order valence-corrected chi connectivity index (χ3v) is 8.74. The zero-order chi connectivity index (χ0) is 27.5. The van der Waals surface area contributed by atoms with Crippen LogP contribution < -0.4 is 10.5 Å². The van der Waals surface area contributed by atoms with E-state index in [-0.39, 0.29) is 17.0 Å². The van der Waals surface area contributed by atoms with Crippen LogP contribution in [0.3, 0.4) is 0 Å². The van der Waals surface area contributed by atoms with E-state index < -0.39 is 0 Å². The number of ether oxygens (including phenoxy) is 1. The maximum absolute atomic E-state index is 13.4. The van der Waals surface area contributed by atoms with Crippen molar-refractivity contribution >= 4 is 46.1 Å². The Morgan fingerprint density at radius 2 is 1.61 bits per heavy atom. The van der Waals surface area contributed by atoms with Crippen molar-refractivity contribution in [1.82, 2.24) is 9.47 Å². The van der Waals surface area contributed by atoms with Gasteiger partial charge in [-0.25, -0.2) is 0 Å². The minimum absolute atomic E-state index is 0.0870. The number of rotatable bonds is 14. The van der Waals surface area contributed by atoms with Gasteiger partial charge in [0.1, 0.15) is 21.8 Å². The third kappa shape index (κ3) is 7.49. The summed E-state index contributed by atoms with van der Waals surface area (Å²) < 4.78 is 7.75. The van der Waals surface area contributed by atoms with Crippen LogP contribution in [-0.2, 0) is 16.1 Å². The molecule has 208 valence electrons. The van der Waals surface area contributed by atoms with Gasteiger partial charge >= 0.3 is 0 Å². The molecule has 0 aromatic carbocycles. The van der Waals surface area contributed by atoms with Crippen molar-refractivity contribution in [2.75, 3.05) is 37.7 Å². The van der Waals surface area contributed by atoms with Crippen LogP contribution >= 0.6 is 24.0 Å². The fourth-order valence-electron chi connectivity index (χ4n) is 5.13. The first kappa shape index (κ1) is 30.4. The first-order valence-electron chi connectivity index (χ1n) is 14.2. The number of nitrogens with zero attached hydrogens (tertiary/aromatic N) is 4. The van der Waals surface area contributed by atoms with Gasteiger partial charge in [0.05, 0.1) is 18.1 Å². The van der Waals surface area contributed by atoms with E-state index in [4.69, 9.17) is 17.0 Å². The Hall–Kier alpha value is -2.15. The van der Waals surface area contributed by atoms with Crippen LogP contribution in [0.5, 0.6) is 0 Å². The molecule has 38 heavy (non-hydrogen) atoms. The topological polar surface area (TPSA) is 78.6 Å². The lowest BCUT2D eigenvalue weighted by atomic mass is 10.0. The summed E-state index contributed by atoms with van der Waals surface area (Å²) in [6, 6.07) is 2.09. The molecule has 0 unspecified atom stereocenters. The molecule has 7 nitrogen and oxygen atoms in total. The molecule has 9 heteroatoms. The largest absolute Gasteiger partial charge is 0.378 e. The van der Waals surface area contributed by atoms with E-state index in [1.54, 1.807) is 16.4 Å². The molecule has 0 saturated carbocycles. The summed E-state index contributed by atoms with van der Waals surface area (Å²) in [6.45, 7) is 9.42. The van der Waals surface area contributed by atoms with Crippen LogP contribution in [0.15, 0.2) is 9.70 Å². The summed E-state index contributed by atoms with van der Waals surface area (Å²) in [6.07, 6.45) is 14.3. The highest BCUT2D eigenvalue weighted by Gasteiger charge is 2.33. The van der Waals surface area contributed by atoms with Gasteiger partial charge in [-0.3, -0.25) is 19.1 Å². The second kappa shape index (κ2) is 15.4. The van der Waals surface area contributed by atoms with Crippen LogP contribution in [0.1, 0.15) is 94.7 Å². The monoisotopic (exact) mass is 558 g/mol. The zero-order valence-electron chi connectivity index (χ0n) is 23.2. The Morgan fingerprint density at radius 1 is 1.00 bits per heavy atom. The zero-order valence-corrected chi connectivity index (χ0v) is 24.9. The Kier molecular flexibility index (Phi) is 12.4. The number of thiocarbonyl (C=S) groups is 1. The van der Waals surface area contributed by atoms with Gasteiger partial charge in [-0.05, 0) is 31.9 Å². The Labute approximate surface area is 237 Å². The van der Waals surface area contributed by atoms with E-state index in [0.29, 0.717) is 54.2 Å². The van der Waals surface area contributed by atoms with Crippen LogP contribution in [0.25, 0.3) is 6.08 Å². The van der Waals surface area contributed by atoms with Crippen molar-refractivity contribution in [2.45, 2.75) is 91.5 Å². The highest BCUT2D eigenvalue weighted by atomic mass is 32.2. The number of morpholine rings is 1. The lowest BCUT2D eigenvalue weighted by molar-refractivity contribution is -0.122. The predicted molar refractivity (Wildman–Crippen MR) is 161 cm³/mol. The number of hydrogen-bond donors (Lipinski definition) is 0. The lowest BCUT2D eigenvalue weighted by Crippen LogP contribution is -2.41. The SMILES string of the molecule is CCCCCCCCCCCCN1C(=O)C(=Cc2c(C)c(C#N)c(=O)n(CC)c2N2CCOCC2)SC1=S. The fourth-order valence-corrected chi connectivity index (χ4v) is 6.42. The average molecular weight is 559 g/mol. The average Bonchev–Trinajstić information content (AvgIpc) is 3.19. The number of carbonyl (C=O) groups is 1. The van der Waals surface area contributed by atoms with E-state index in [1.807, 2.05) is 13.0 Å². The molecule has 0 radical (unpaired) electrons. The molecule has 1 aromatic rings. The van der Waals surface area contributed by atoms with Crippen molar-refractivity contribution in [3.05, 3.63) is 31.9 Å². The first-order valence-corrected chi connectivity index (χ1v) is 15.4. The van der Waals surface area contributed by atoms with Gasteiger partial charge in [-0.2, -0.15) is 5.26 Å². The van der Waals surface area contributed by atoms with Gasteiger partial charge < -0.3 is 9.64 Å². The Bertz CT molecular complexity index is 1120. The molecule has 2 fully saturated rings. The number of carbonyl (C=O) groups excluding carboxylic acids is 1. The van der Waals surface area contributed by atoms with Crippen LogP contribution in [-0.4, -0.2) is 52.5 Å². The van der Waals surface area contributed by atoms with Gasteiger partial charge in [-0.1, -0.05) is 88.7 Å². The molecule has 0 spiro atoms. The van der Waals surface area contributed by atoms with E-state index in [1.165, 1.54) is 63.1 Å². The molecule has 0 aliphatic carbocycles. The molecule has 3 heterocycles. The van der Waals surface area contributed by atoms with Crippen molar-refractivity contribution in [2.24, 2.45) is 0 Å². The van der Waals surface area contributed by atoms with Gasteiger partial charge in [0.2, 0.25) is 0 Å². The summed E-state index contributed by atoms with van der Waals surface area (Å²) in [5, 5.41) is 9.75. The molecule has 3 rings (SSSR count). The maximum Gasteiger partial charge on any atom is 0.270 e. The van der Waals surface area contributed by atoms with Crippen LogP contribution in [0.2, 0.25) is 0 Å². The van der Waals surface area contributed by atoms with E-state index in [2.05, 4.69) is 17.9 Å². The van der Waals surface area contributed by atoms with Crippen molar-refractivity contribution < 1.29 is 9.53 Å². The predicted octanol–water partition coefficient (Wildman–Crippen LogP) is 6.01. The molecule has 2 aliphatic rings. The third-order valence-electron chi connectivity index (χ3n) is 7.36. The van der Waals surface area contributed by atoms with E-state index in [9.17, 15) is 14.9 Å². The van der Waals surface area contributed by atoms with Crippen molar-refractivity contribution in [3.8, 4) is 6.07 Å². The minimum Gasteiger partial charge on any atom is -0.378 e. The summed E-state index contributed by atoms with van der Waals surface area (Å²) in [7, 11) is 0. The highest BCUT2D eigenvalue weighted by molar-refractivity contribution is 8.26.